The highest BCUT2D eigenvalue weighted by molar-refractivity contribution is 5.87. The molecule has 0 saturated carbocycles. The Balaban J connectivity index is 0.000000696. The van der Waals surface area contributed by atoms with Crippen LogP contribution in [0.2, 0.25) is 0 Å². The van der Waals surface area contributed by atoms with E-state index in [2.05, 4.69) is 97.7 Å². The molecule has 0 aliphatic carbocycles. The molecule has 2 aromatic heterocycles. The molecule has 33 heavy (non-hydrogen) atoms. The Kier molecular flexibility index (Phi) is 10.6. The van der Waals surface area contributed by atoms with Crippen molar-refractivity contribution >= 4 is 16.7 Å². The molecule has 3 aromatic rings. The maximum atomic E-state index is 9.69. The number of carbonyl (C=O) groups excluding carboxylic acids is 1. The minimum Gasteiger partial charge on any atom is -0.384 e. The van der Waals surface area contributed by atoms with Gasteiger partial charge in [-0.2, -0.15) is 0 Å². The predicted molar refractivity (Wildman–Crippen MR) is 141 cm³/mol. The lowest BCUT2D eigenvalue weighted by Gasteiger charge is -2.24. The molecule has 0 saturated heterocycles. The molecule has 1 unspecified atom stereocenters. The van der Waals surface area contributed by atoms with Crippen LogP contribution in [0, 0.1) is 5.92 Å². The third kappa shape index (κ3) is 8.05. The number of nitrogens with one attached hydrogen (secondary N) is 1. The van der Waals surface area contributed by atoms with E-state index in [1.807, 2.05) is 12.4 Å². The number of pyridine rings is 1. The fraction of sp³-hybridized carbons (Fsp3) is 0.379. The van der Waals surface area contributed by atoms with Crippen molar-refractivity contribution in [2.45, 2.75) is 66.5 Å². The number of aromatic nitrogens is 2. The molecule has 4 heteroatoms. The first-order valence-corrected chi connectivity index (χ1v) is 12.0. The van der Waals surface area contributed by atoms with Crippen LogP contribution in [0.1, 0.15) is 53.9 Å². The van der Waals surface area contributed by atoms with Gasteiger partial charge in [-0.05, 0) is 62.4 Å². The topological polar surface area (TPSA) is 46.9 Å². The maximum absolute atomic E-state index is 9.69. The lowest BCUT2D eigenvalue weighted by atomic mass is 10.0. The smallest absolute Gasteiger partial charge is 0.152 e. The number of hydrogen-bond donors (Lipinski definition) is 1. The number of nitrogens with zero attached hydrogens (tertiary/aromatic N) is 2. The Morgan fingerprint density at radius 3 is 2.39 bits per heavy atom. The van der Waals surface area contributed by atoms with E-state index in [-0.39, 0.29) is 5.78 Å². The molecule has 0 amide bonds. The van der Waals surface area contributed by atoms with Gasteiger partial charge in [0.05, 0.1) is 6.54 Å². The first-order valence-electron chi connectivity index (χ1n) is 12.0. The number of ketones is 1. The summed E-state index contributed by atoms with van der Waals surface area (Å²) in [4.78, 5) is 13.9. The fourth-order valence-corrected chi connectivity index (χ4v) is 3.89. The standard InChI is InChI=1S/C25H33N3.C4H6O/c1-5-9-23(27-22(6-2)16-19(3)4)18-28-24-11-8-7-10-21(24)17-25(28)20-12-14-26-15-13-20;1-3-4(2)5/h7-15,17,19,22,27H,5-6,16,18H2,1-4H3;3H,1H2,2H3/b23-9-;. The average Bonchev–Trinajstić information content (AvgIpc) is 3.17. The second-order valence-electron chi connectivity index (χ2n) is 8.74. The fourth-order valence-electron chi connectivity index (χ4n) is 3.89. The van der Waals surface area contributed by atoms with Crippen molar-refractivity contribution in [2.24, 2.45) is 5.92 Å². The minimum absolute atomic E-state index is 0.0185. The molecule has 1 aromatic carbocycles. The van der Waals surface area contributed by atoms with E-state index in [9.17, 15) is 4.79 Å². The Labute approximate surface area is 199 Å². The summed E-state index contributed by atoms with van der Waals surface area (Å²) in [5.74, 6) is 0.713. The van der Waals surface area contributed by atoms with Gasteiger partial charge < -0.3 is 9.88 Å². The maximum Gasteiger partial charge on any atom is 0.152 e. The summed E-state index contributed by atoms with van der Waals surface area (Å²) in [5.41, 5.74) is 5.03. The van der Waals surface area contributed by atoms with Gasteiger partial charge in [-0.3, -0.25) is 9.78 Å². The van der Waals surface area contributed by atoms with Gasteiger partial charge in [-0.1, -0.05) is 58.5 Å². The highest BCUT2D eigenvalue weighted by Crippen LogP contribution is 2.29. The summed E-state index contributed by atoms with van der Waals surface area (Å²) in [6.45, 7) is 14.6. The molecule has 0 bridgehead atoms. The van der Waals surface area contributed by atoms with Crippen molar-refractivity contribution < 1.29 is 4.79 Å². The zero-order chi connectivity index (χ0) is 24.2. The van der Waals surface area contributed by atoms with Crippen molar-refractivity contribution in [3.63, 3.8) is 0 Å². The normalized spacial score (nSPS) is 12.2. The summed E-state index contributed by atoms with van der Waals surface area (Å²) in [7, 11) is 0. The van der Waals surface area contributed by atoms with Crippen LogP contribution in [0.15, 0.2) is 79.3 Å². The number of para-hydroxylation sites is 1. The largest absolute Gasteiger partial charge is 0.384 e. The van der Waals surface area contributed by atoms with Crippen molar-refractivity contribution in [1.82, 2.24) is 14.9 Å². The van der Waals surface area contributed by atoms with Gasteiger partial charge in [0.25, 0.3) is 0 Å². The number of allylic oxidation sites excluding steroid dienone is 3. The van der Waals surface area contributed by atoms with E-state index in [0.29, 0.717) is 12.0 Å². The lowest BCUT2D eigenvalue weighted by molar-refractivity contribution is -0.112. The second-order valence-corrected chi connectivity index (χ2v) is 8.74. The van der Waals surface area contributed by atoms with Crippen LogP contribution < -0.4 is 5.32 Å². The number of rotatable bonds is 10. The molecule has 0 aliphatic rings. The van der Waals surface area contributed by atoms with E-state index in [4.69, 9.17) is 0 Å². The first kappa shape index (κ1) is 26.1. The van der Waals surface area contributed by atoms with Crippen molar-refractivity contribution in [1.29, 1.82) is 0 Å². The molecule has 0 radical (unpaired) electrons. The highest BCUT2D eigenvalue weighted by Gasteiger charge is 2.14. The predicted octanol–water partition coefficient (Wildman–Crippen LogP) is 7.17. The lowest BCUT2D eigenvalue weighted by Crippen LogP contribution is -2.31. The molecule has 0 fully saturated rings. The molecule has 176 valence electrons. The molecule has 2 heterocycles. The monoisotopic (exact) mass is 445 g/mol. The van der Waals surface area contributed by atoms with E-state index >= 15 is 0 Å². The zero-order valence-electron chi connectivity index (χ0n) is 20.8. The zero-order valence-corrected chi connectivity index (χ0v) is 20.8. The van der Waals surface area contributed by atoms with Crippen LogP contribution in [0.25, 0.3) is 22.2 Å². The third-order valence-corrected chi connectivity index (χ3v) is 5.49. The number of benzene rings is 1. The minimum atomic E-state index is 0.0185. The summed E-state index contributed by atoms with van der Waals surface area (Å²) in [6, 6.07) is 15.6. The van der Waals surface area contributed by atoms with Gasteiger partial charge >= 0.3 is 0 Å². The van der Waals surface area contributed by atoms with Gasteiger partial charge in [0.1, 0.15) is 0 Å². The van der Waals surface area contributed by atoms with Crippen molar-refractivity contribution in [3.05, 3.63) is 79.3 Å². The Morgan fingerprint density at radius 1 is 1.15 bits per heavy atom. The molecule has 0 aliphatic heterocycles. The molecule has 3 rings (SSSR count). The van der Waals surface area contributed by atoms with E-state index in [0.717, 1.165) is 19.4 Å². The molecule has 1 N–H and O–H groups in total. The van der Waals surface area contributed by atoms with Gasteiger partial charge in [0.2, 0.25) is 0 Å². The summed E-state index contributed by atoms with van der Waals surface area (Å²) >= 11 is 0. The van der Waals surface area contributed by atoms with Crippen LogP contribution >= 0.6 is 0 Å². The van der Waals surface area contributed by atoms with Gasteiger partial charge in [-0.15, -0.1) is 0 Å². The third-order valence-electron chi connectivity index (χ3n) is 5.49. The first-order chi connectivity index (χ1) is 15.9. The SMILES string of the molecule is C=CC(C)=O.CC/C=C(/Cn1c(-c2ccncc2)cc2ccccc21)NC(CC)CC(C)C. The molecule has 4 nitrogen and oxygen atoms in total. The molecule has 0 spiro atoms. The number of fused-ring (bicyclic) bond motifs is 1. The number of hydrogen-bond acceptors (Lipinski definition) is 3. The highest BCUT2D eigenvalue weighted by atomic mass is 16.1. The van der Waals surface area contributed by atoms with Crippen LogP contribution in [-0.4, -0.2) is 21.4 Å². The molecular formula is C29H39N3O. The van der Waals surface area contributed by atoms with Crippen LogP contribution in [0.5, 0.6) is 0 Å². The van der Waals surface area contributed by atoms with Crippen molar-refractivity contribution in [3.8, 4) is 11.3 Å². The van der Waals surface area contributed by atoms with Crippen LogP contribution in [0.4, 0.5) is 0 Å². The van der Waals surface area contributed by atoms with Gasteiger partial charge in [0, 0.05) is 46.3 Å². The number of carbonyl (C=O) groups is 1. The summed E-state index contributed by atoms with van der Waals surface area (Å²) in [5, 5.41) is 5.12. The van der Waals surface area contributed by atoms with Crippen LogP contribution in [-0.2, 0) is 11.3 Å². The summed E-state index contributed by atoms with van der Waals surface area (Å²) in [6.07, 6.45) is 10.7. The molecular weight excluding hydrogens is 406 g/mol. The summed E-state index contributed by atoms with van der Waals surface area (Å²) < 4.78 is 2.43. The average molecular weight is 446 g/mol. The molecule has 1 atom stereocenters. The van der Waals surface area contributed by atoms with E-state index in [1.165, 1.54) is 47.3 Å². The van der Waals surface area contributed by atoms with Gasteiger partial charge in [0.15, 0.2) is 5.78 Å². The van der Waals surface area contributed by atoms with E-state index < -0.39 is 0 Å². The second kappa shape index (κ2) is 13.4. The Bertz CT molecular complexity index is 1050. The van der Waals surface area contributed by atoms with Crippen LogP contribution in [0.3, 0.4) is 0 Å². The Morgan fingerprint density at radius 2 is 1.82 bits per heavy atom. The van der Waals surface area contributed by atoms with Gasteiger partial charge in [-0.25, -0.2) is 0 Å². The quantitative estimate of drug-likeness (QED) is 0.336. The van der Waals surface area contributed by atoms with Crippen molar-refractivity contribution in [2.75, 3.05) is 0 Å². The Hall–Kier alpha value is -3.14. The van der Waals surface area contributed by atoms with E-state index in [1.54, 1.807) is 0 Å².